The molecule has 3 rings (SSSR count). The topological polar surface area (TPSA) is 41.3 Å². The van der Waals surface area contributed by atoms with Gasteiger partial charge in [-0.25, -0.2) is 0 Å². The van der Waals surface area contributed by atoms with Gasteiger partial charge < -0.3 is 16.0 Å². The van der Waals surface area contributed by atoms with Gasteiger partial charge in [0.05, 0.1) is 0 Å². The largest absolute Gasteiger partial charge is 0.399 e. The number of benzene rings is 1. The number of hydrogen-bond acceptors (Lipinski definition) is 3. The lowest BCUT2D eigenvalue weighted by atomic mass is 9.82. The second kappa shape index (κ2) is 5.04. The van der Waals surface area contributed by atoms with Crippen molar-refractivity contribution >= 4 is 11.4 Å². The normalized spacial score (nSPS) is 31.2. The highest BCUT2D eigenvalue weighted by Gasteiger charge is 2.35. The summed E-state index contributed by atoms with van der Waals surface area (Å²) in [5.41, 5.74) is 9.25. The monoisotopic (exact) mass is 259 g/mol. The van der Waals surface area contributed by atoms with E-state index in [9.17, 15) is 0 Å². The van der Waals surface area contributed by atoms with Gasteiger partial charge >= 0.3 is 0 Å². The SMILES string of the molecule is Cc1ccc(N)cc1NC1CC2CCCC(C1)N2C. The maximum Gasteiger partial charge on any atom is 0.0392 e. The molecule has 2 saturated heterocycles. The summed E-state index contributed by atoms with van der Waals surface area (Å²) in [6.45, 7) is 2.15. The van der Waals surface area contributed by atoms with E-state index in [1.54, 1.807) is 0 Å². The molecule has 2 atom stereocenters. The number of rotatable bonds is 2. The highest BCUT2D eigenvalue weighted by molar-refractivity contribution is 5.59. The molecule has 2 fully saturated rings. The van der Waals surface area contributed by atoms with Gasteiger partial charge in [-0.3, -0.25) is 0 Å². The highest BCUT2D eigenvalue weighted by atomic mass is 15.2. The Morgan fingerprint density at radius 3 is 2.58 bits per heavy atom. The van der Waals surface area contributed by atoms with Crippen LogP contribution in [0.5, 0.6) is 0 Å². The first-order valence-electron chi connectivity index (χ1n) is 7.48. The van der Waals surface area contributed by atoms with E-state index < -0.39 is 0 Å². The molecule has 3 nitrogen and oxygen atoms in total. The first-order chi connectivity index (χ1) is 9.13. The van der Waals surface area contributed by atoms with E-state index in [0.29, 0.717) is 6.04 Å². The van der Waals surface area contributed by atoms with Crippen molar-refractivity contribution in [3.05, 3.63) is 23.8 Å². The van der Waals surface area contributed by atoms with E-state index in [-0.39, 0.29) is 0 Å². The Kier molecular flexibility index (Phi) is 3.40. The van der Waals surface area contributed by atoms with E-state index in [4.69, 9.17) is 5.73 Å². The lowest BCUT2D eigenvalue weighted by Crippen LogP contribution is -2.52. The van der Waals surface area contributed by atoms with Crippen molar-refractivity contribution in [2.45, 2.75) is 57.2 Å². The second-order valence-electron chi connectivity index (χ2n) is 6.29. The zero-order chi connectivity index (χ0) is 13.4. The van der Waals surface area contributed by atoms with Gasteiger partial charge in [-0.2, -0.15) is 0 Å². The second-order valence-corrected chi connectivity index (χ2v) is 6.29. The molecule has 2 aliphatic heterocycles. The van der Waals surface area contributed by atoms with E-state index in [1.807, 2.05) is 6.07 Å². The van der Waals surface area contributed by atoms with E-state index in [0.717, 1.165) is 17.8 Å². The number of fused-ring (bicyclic) bond motifs is 2. The summed E-state index contributed by atoms with van der Waals surface area (Å²) in [4.78, 5) is 2.61. The van der Waals surface area contributed by atoms with Gasteiger partial charge in [0.2, 0.25) is 0 Å². The van der Waals surface area contributed by atoms with Gasteiger partial charge in [0, 0.05) is 29.5 Å². The van der Waals surface area contributed by atoms with Crippen molar-refractivity contribution in [2.24, 2.45) is 0 Å². The number of nitrogens with two attached hydrogens (primary N) is 1. The van der Waals surface area contributed by atoms with E-state index in [1.165, 1.54) is 43.4 Å². The van der Waals surface area contributed by atoms with Crippen LogP contribution in [0.2, 0.25) is 0 Å². The molecule has 1 aromatic rings. The quantitative estimate of drug-likeness (QED) is 0.802. The van der Waals surface area contributed by atoms with Gasteiger partial charge in [0.1, 0.15) is 0 Å². The number of anilines is 2. The molecular weight excluding hydrogens is 234 g/mol. The summed E-state index contributed by atoms with van der Waals surface area (Å²) in [6.07, 6.45) is 6.66. The maximum absolute atomic E-state index is 5.90. The Morgan fingerprint density at radius 2 is 1.89 bits per heavy atom. The van der Waals surface area contributed by atoms with Gasteiger partial charge in [0.25, 0.3) is 0 Å². The summed E-state index contributed by atoms with van der Waals surface area (Å²) >= 11 is 0. The Labute approximate surface area is 116 Å². The molecular formula is C16H25N3. The molecule has 0 spiro atoms. The van der Waals surface area contributed by atoms with E-state index in [2.05, 4.69) is 36.3 Å². The molecule has 0 aliphatic carbocycles. The number of piperidine rings is 2. The van der Waals surface area contributed by atoms with Crippen molar-refractivity contribution < 1.29 is 0 Å². The molecule has 0 saturated carbocycles. The van der Waals surface area contributed by atoms with Crippen LogP contribution in [0.4, 0.5) is 11.4 Å². The first kappa shape index (κ1) is 12.8. The molecule has 3 heteroatoms. The van der Waals surface area contributed by atoms with Crippen molar-refractivity contribution in [3.8, 4) is 0 Å². The van der Waals surface area contributed by atoms with Crippen LogP contribution in [0.15, 0.2) is 18.2 Å². The van der Waals surface area contributed by atoms with Gasteiger partial charge in [-0.15, -0.1) is 0 Å². The number of nitrogens with one attached hydrogen (secondary N) is 1. The fourth-order valence-corrected chi connectivity index (χ4v) is 3.75. The molecule has 0 radical (unpaired) electrons. The predicted molar refractivity (Wildman–Crippen MR) is 81.4 cm³/mol. The zero-order valence-electron chi connectivity index (χ0n) is 12.0. The number of hydrogen-bond donors (Lipinski definition) is 2. The Hall–Kier alpha value is -1.22. The van der Waals surface area contributed by atoms with Crippen LogP contribution in [0, 0.1) is 6.92 Å². The average molecular weight is 259 g/mol. The van der Waals surface area contributed by atoms with Crippen molar-refractivity contribution in [3.63, 3.8) is 0 Å². The van der Waals surface area contributed by atoms with Crippen LogP contribution in [-0.4, -0.2) is 30.1 Å². The van der Waals surface area contributed by atoms with Crippen LogP contribution in [-0.2, 0) is 0 Å². The molecule has 0 aromatic heterocycles. The van der Waals surface area contributed by atoms with Crippen LogP contribution in [0.25, 0.3) is 0 Å². The molecule has 2 unspecified atom stereocenters. The Morgan fingerprint density at radius 1 is 1.21 bits per heavy atom. The lowest BCUT2D eigenvalue weighted by Gasteiger charge is -2.47. The summed E-state index contributed by atoms with van der Waals surface area (Å²) in [5, 5.41) is 3.73. The predicted octanol–water partition coefficient (Wildman–Crippen LogP) is 3.00. The zero-order valence-corrected chi connectivity index (χ0v) is 12.0. The third-order valence-corrected chi connectivity index (χ3v) is 4.96. The molecule has 1 aromatic carbocycles. The standard InChI is InChI=1S/C16H25N3/c1-11-6-7-12(17)8-16(11)18-13-9-14-4-3-5-15(10-13)19(14)2/h6-8,13-15,18H,3-5,9-10,17H2,1-2H3. The number of aryl methyl sites for hydroxylation is 1. The number of nitrogens with zero attached hydrogens (tertiary/aromatic N) is 1. The molecule has 3 N–H and O–H groups in total. The average Bonchev–Trinajstić information content (AvgIpc) is 2.35. The summed E-state index contributed by atoms with van der Waals surface area (Å²) in [7, 11) is 2.30. The molecule has 0 amide bonds. The third-order valence-electron chi connectivity index (χ3n) is 4.96. The lowest BCUT2D eigenvalue weighted by molar-refractivity contribution is 0.0608. The first-order valence-corrected chi connectivity index (χ1v) is 7.48. The summed E-state index contributed by atoms with van der Waals surface area (Å²) < 4.78 is 0. The van der Waals surface area contributed by atoms with Crippen molar-refractivity contribution in [1.82, 2.24) is 4.90 Å². The van der Waals surface area contributed by atoms with Crippen LogP contribution < -0.4 is 11.1 Å². The third kappa shape index (κ3) is 2.57. The van der Waals surface area contributed by atoms with Crippen molar-refractivity contribution in [2.75, 3.05) is 18.1 Å². The minimum absolute atomic E-state index is 0.604. The number of nitrogen functional groups attached to an aromatic ring is 1. The molecule has 104 valence electrons. The Bertz CT molecular complexity index is 443. The molecule has 2 heterocycles. The van der Waals surface area contributed by atoms with Gasteiger partial charge in [-0.1, -0.05) is 12.5 Å². The highest BCUT2D eigenvalue weighted by Crippen LogP contribution is 2.34. The van der Waals surface area contributed by atoms with E-state index >= 15 is 0 Å². The summed E-state index contributed by atoms with van der Waals surface area (Å²) in [5.74, 6) is 0. The maximum atomic E-state index is 5.90. The summed E-state index contributed by atoms with van der Waals surface area (Å²) in [6, 6.07) is 8.30. The van der Waals surface area contributed by atoms with Crippen LogP contribution >= 0.6 is 0 Å². The minimum atomic E-state index is 0.604. The van der Waals surface area contributed by atoms with Gasteiger partial charge in [0.15, 0.2) is 0 Å². The smallest absolute Gasteiger partial charge is 0.0392 e. The molecule has 19 heavy (non-hydrogen) atoms. The van der Waals surface area contributed by atoms with Crippen molar-refractivity contribution in [1.29, 1.82) is 0 Å². The fraction of sp³-hybridized carbons (Fsp3) is 0.625. The van der Waals surface area contributed by atoms with Crippen LogP contribution in [0.1, 0.15) is 37.7 Å². The fourth-order valence-electron chi connectivity index (χ4n) is 3.75. The Balaban J connectivity index is 1.72. The molecule has 2 aliphatic rings. The van der Waals surface area contributed by atoms with Gasteiger partial charge in [-0.05, 0) is 57.4 Å². The van der Waals surface area contributed by atoms with Crippen LogP contribution in [0.3, 0.4) is 0 Å². The minimum Gasteiger partial charge on any atom is -0.399 e. The molecule has 2 bridgehead atoms.